The van der Waals surface area contributed by atoms with E-state index in [-0.39, 0.29) is 0 Å². The van der Waals surface area contributed by atoms with Crippen LogP contribution >= 0.6 is 11.6 Å². The molecular formula is C12H18ClNO. The predicted octanol–water partition coefficient (Wildman–Crippen LogP) is 3.22. The molecule has 0 atom stereocenters. The smallest absolute Gasteiger partial charge is 0.137 e. The molecular weight excluding hydrogens is 210 g/mol. The predicted molar refractivity (Wildman–Crippen MR) is 64.3 cm³/mol. The van der Waals surface area contributed by atoms with Gasteiger partial charge >= 0.3 is 0 Å². The van der Waals surface area contributed by atoms with Gasteiger partial charge in [-0.25, -0.2) is 0 Å². The summed E-state index contributed by atoms with van der Waals surface area (Å²) in [5.74, 6) is 1.39. The Kier molecular flexibility index (Phi) is 4.92. The van der Waals surface area contributed by atoms with E-state index in [1.165, 1.54) is 0 Å². The maximum Gasteiger partial charge on any atom is 0.137 e. The van der Waals surface area contributed by atoms with Crippen LogP contribution < -0.4 is 10.5 Å². The number of hydrogen-bond acceptors (Lipinski definition) is 2. The Labute approximate surface area is 96.4 Å². The molecule has 0 saturated heterocycles. The van der Waals surface area contributed by atoms with Gasteiger partial charge in [0.15, 0.2) is 0 Å². The van der Waals surface area contributed by atoms with Crippen molar-refractivity contribution >= 4 is 11.6 Å². The number of rotatable bonds is 5. The molecule has 0 spiro atoms. The van der Waals surface area contributed by atoms with Crippen LogP contribution in [-0.2, 0) is 6.54 Å². The lowest BCUT2D eigenvalue weighted by Gasteiger charge is -2.10. The zero-order chi connectivity index (χ0) is 11.3. The summed E-state index contributed by atoms with van der Waals surface area (Å²) in [4.78, 5) is 0. The number of nitrogens with two attached hydrogens (primary N) is 1. The third-order valence-electron chi connectivity index (χ3n) is 2.18. The van der Waals surface area contributed by atoms with Crippen molar-refractivity contribution in [1.82, 2.24) is 0 Å². The van der Waals surface area contributed by atoms with Crippen LogP contribution in [0.3, 0.4) is 0 Å². The Balaban J connectivity index is 2.54. The highest BCUT2D eigenvalue weighted by Gasteiger charge is 2.02. The van der Waals surface area contributed by atoms with Gasteiger partial charge in [-0.2, -0.15) is 0 Å². The van der Waals surface area contributed by atoms with Crippen molar-refractivity contribution in [3.63, 3.8) is 0 Å². The molecule has 84 valence electrons. The second-order valence-electron chi connectivity index (χ2n) is 4.00. The molecule has 15 heavy (non-hydrogen) atoms. The normalized spacial score (nSPS) is 10.7. The molecule has 0 heterocycles. The van der Waals surface area contributed by atoms with E-state index >= 15 is 0 Å². The van der Waals surface area contributed by atoms with Crippen molar-refractivity contribution in [1.29, 1.82) is 0 Å². The van der Waals surface area contributed by atoms with E-state index in [1.807, 2.05) is 18.2 Å². The zero-order valence-corrected chi connectivity index (χ0v) is 10.1. The van der Waals surface area contributed by atoms with E-state index in [9.17, 15) is 0 Å². The Morgan fingerprint density at radius 3 is 2.67 bits per heavy atom. The molecule has 1 aromatic rings. The van der Waals surface area contributed by atoms with Crippen molar-refractivity contribution < 1.29 is 4.74 Å². The van der Waals surface area contributed by atoms with Crippen LogP contribution in [0.1, 0.15) is 25.8 Å². The number of hydrogen-bond donors (Lipinski definition) is 1. The molecule has 0 aliphatic carbocycles. The summed E-state index contributed by atoms with van der Waals surface area (Å²) in [7, 11) is 0. The van der Waals surface area contributed by atoms with Gasteiger partial charge in [0, 0.05) is 6.54 Å². The summed E-state index contributed by atoms with van der Waals surface area (Å²) in [5.41, 5.74) is 6.53. The molecule has 2 nitrogen and oxygen atoms in total. The third-order valence-corrected chi connectivity index (χ3v) is 2.48. The van der Waals surface area contributed by atoms with E-state index in [0.29, 0.717) is 24.1 Å². The van der Waals surface area contributed by atoms with Gasteiger partial charge in [0.25, 0.3) is 0 Å². The van der Waals surface area contributed by atoms with E-state index in [1.54, 1.807) is 0 Å². The van der Waals surface area contributed by atoms with Crippen LogP contribution in [0.2, 0.25) is 5.02 Å². The number of halogens is 1. The molecule has 0 saturated carbocycles. The second-order valence-corrected chi connectivity index (χ2v) is 4.41. The van der Waals surface area contributed by atoms with Crippen molar-refractivity contribution in [3.8, 4) is 5.75 Å². The number of ether oxygens (including phenoxy) is 1. The van der Waals surface area contributed by atoms with Crippen LogP contribution in [0.15, 0.2) is 18.2 Å². The summed E-state index contributed by atoms with van der Waals surface area (Å²) >= 11 is 6.04. The summed E-state index contributed by atoms with van der Waals surface area (Å²) in [6, 6.07) is 5.67. The monoisotopic (exact) mass is 227 g/mol. The lowest BCUT2D eigenvalue weighted by atomic mass is 10.1. The van der Waals surface area contributed by atoms with Gasteiger partial charge in [-0.1, -0.05) is 31.5 Å². The van der Waals surface area contributed by atoms with Crippen molar-refractivity contribution in [2.24, 2.45) is 11.7 Å². The van der Waals surface area contributed by atoms with E-state index in [0.717, 1.165) is 17.7 Å². The first-order valence-corrected chi connectivity index (χ1v) is 5.62. The summed E-state index contributed by atoms with van der Waals surface area (Å²) in [6.45, 7) is 5.55. The topological polar surface area (TPSA) is 35.2 Å². The minimum Gasteiger partial charge on any atom is -0.492 e. The quantitative estimate of drug-likeness (QED) is 0.838. The van der Waals surface area contributed by atoms with Gasteiger partial charge in [-0.05, 0) is 30.0 Å². The molecule has 0 unspecified atom stereocenters. The van der Waals surface area contributed by atoms with Gasteiger partial charge < -0.3 is 10.5 Å². The maximum atomic E-state index is 6.04. The summed E-state index contributed by atoms with van der Waals surface area (Å²) in [5, 5.41) is 0.640. The van der Waals surface area contributed by atoms with E-state index < -0.39 is 0 Å². The first kappa shape index (κ1) is 12.3. The van der Waals surface area contributed by atoms with Crippen LogP contribution in [0.5, 0.6) is 5.75 Å². The number of benzene rings is 1. The third kappa shape index (κ3) is 4.10. The molecule has 0 aliphatic heterocycles. The minimum atomic E-state index is 0.506. The highest BCUT2D eigenvalue weighted by Crippen LogP contribution is 2.25. The Morgan fingerprint density at radius 2 is 2.13 bits per heavy atom. The zero-order valence-electron chi connectivity index (χ0n) is 9.29. The first-order valence-electron chi connectivity index (χ1n) is 5.24. The van der Waals surface area contributed by atoms with Gasteiger partial charge in [-0.15, -0.1) is 0 Å². The van der Waals surface area contributed by atoms with Crippen molar-refractivity contribution in [2.45, 2.75) is 26.8 Å². The van der Waals surface area contributed by atoms with Gasteiger partial charge in [-0.3, -0.25) is 0 Å². The van der Waals surface area contributed by atoms with E-state index in [2.05, 4.69) is 13.8 Å². The Bertz CT molecular complexity index is 312. The van der Waals surface area contributed by atoms with Gasteiger partial charge in [0.1, 0.15) is 5.75 Å². The molecule has 1 rings (SSSR count). The fraction of sp³-hybridized carbons (Fsp3) is 0.500. The van der Waals surface area contributed by atoms with Crippen molar-refractivity contribution in [2.75, 3.05) is 6.61 Å². The fourth-order valence-corrected chi connectivity index (χ4v) is 1.45. The van der Waals surface area contributed by atoms with Crippen LogP contribution in [-0.4, -0.2) is 6.61 Å². The lowest BCUT2D eigenvalue weighted by Crippen LogP contribution is -2.02. The summed E-state index contributed by atoms with van der Waals surface area (Å²) < 4.78 is 5.57. The standard InChI is InChI=1S/C12H18ClNO/c1-9(2)5-6-15-12-4-3-10(8-14)7-11(12)13/h3-4,7,9H,5-6,8,14H2,1-2H3. The minimum absolute atomic E-state index is 0.506. The van der Waals surface area contributed by atoms with Crippen LogP contribution in [0.25, 0.3) is 0 Å². The fourth-order valence-electron chi connectivity index (χ4n) is 1.19. The average Bonchev–Trinajstić information content (AvgIpc) is 2.20. The highest BCUT2D eigenvalue weighted by molar-refractivity contribution is 6.32. The molecule has 2 N–H and O–H groups in total. The van der Waals surface area contributed by atoms with Gasteiger partial charge in [0.2, 0.25) is 0 Å². The molecule has 1 aromatic carbocycles. The SMILES string of the molecule is CC(C)CCOc1ccc(CN)cc1Cl. The molecule has 0 bridgehead atoms. The Morgan fingerprint density at radius 1 is 1.40 bits per heavy atom. The van der Waals surface area contributed by atoms with E-state index in [4.69, 9.17) is 22.1 Å². The molecule has 0 aromatic heterocycles. The largest absolute Gasteiger partial charge is 0.492 e. The van der Waals surface area contributed by atoms with Crippen molar-refractivity contribution in [3.05, 3.63) is 28.8 Å². The molecule has 0 radical (unpaired) electrons. The van der Waals surface area contributed by atoms with Crippen LogP contribution in [0, 0.1) is 5.92 Å². The van der Waals surface area contributed by atoms with Gasteiger partial charge in [0.05, 0.1) is 11.6 Å². The molecule has 0 fully saturated rings. The average molecular weight is 228 g/mol. The lowest BCUT2D eigenvalue weighted by molar-refractivity contribution is 0.289. The second kappa shape index (κ2) is 5.99. The molecule has 3 heteroatoms. The molecule has 0 amide bonds. The maximum absolute atomic E-state index is 6.04. The van der Waals surface area contributed by atoms with Crippen LogP contribution in [0.4, 0.5) is 0 Å². The first-order chi connectivity index (χ1) is 7.13. The molecule has 0 aliphatic rings. The Hall–Kier alpha value is -0.730. The summed E-state index contributed by atoms with van der Waals surface area (Å²) in [6.07, 6.45) is 1.04. The highest BCUT2D eigenvalue weighted by atomic mass is 35.5.